The molecule has 0 radical (unpaired) electrons. The van der Waals surface area contributed by atoms with Crippen LogP contribution in [0.5, 0.6) is 5.75 Å². The molecule has 3 aromatic rings. The summed E-state index contributed by atoms with van der Waals surface area (Å²) in [5.41, 5.74) is 18.7. The molecule has 0 spiro atoms. The zero-order valence-corrected chi connectivity index (χ0v) is 14.6. The Bertz CT molecular complexity index is 919. The van der Waals surface area contributed by atoms with E-state index in [1.807, 2.05) is 30.3 Å². The van der Waals surface area contributed by atoms with Crippen molar-refractivity contribution in [2.75, 3.05) is 29.1 Å². The minimum Gasteiger partial charge on any atom is -0.496 e. The average molecular weight is 365 g/mol. The van der Waals surface area contributed by atoms with Crippen molar-refractivity contribution >= 4 is 28.9 Å². The quantitative estimate of drug-likeness (QED) is 0.404. The summed E-state index contributed by atoms with van der Waals surface area (Å²) in [5.74, 6) is 0.692. The van der Waals surface area contributed by atoms with Crippen LogP contribution in [0.25, 0.3) is 0 Å². The number of hydrogen-bond donors (Lipinski definition) is 5. The van der Waals surface area contributed by atoms with Crippen LogP contribution in [0.3, 0.4) is 0 Å². The van der Waals surface area contributed by atoms with Gasteiger partial charge < -0.3 is 10.5 Å². The van der Waals surface area contributed by atoms with E-state index in [9.17, 15) is 4.79 Å². The Morgan fingerprint density at radius 1 is 0.926 bits per heavy atom. The number of hydrogen-bond acceptors (Lipinski definition) is 8. The van der Waals surface area contributed by atoms with Gasteiger partial charge in [-0.2, -0.15) is 0 Å². The Morgan fingerprint density at radius 2 is 1.59 bits per heavy atom. The van der Waals surface area contributed by atoms with E-state index in [1.165, 1.54) is 13.4 Å². The van der Waals surface area contributed by atoms with Crippen molar-refractivity contribution in [1.82, 2.24) is 15.4 Å². The molecule has 0 fully saturated rings. The molecule has 138 valence electrons. The Labute approximate surface area is 155 Å². The van der Waals surface area contributed by atoms with E-state index >= 15 is 0 Å². The highest BCUT2D eigenvalue weighted by Crippen LogP contribution is 2.22. The smallest absolute Gasteiger partial charge is 0.273 e. The van der Waals surface area contributed by atoms with Gasteiger partial charge in [-0.25, -0.2) is 9.97 Å². The molecular formula is C18H19N7O2. The third kappa shape index (κ3) is 4.34. The van der Waals surface area contributed by atoms with Crippen LogP contribution in [0.2, 0.25) is 0 Å². The number of para-hydroxylation sites is 2. The van der Waals surface area contributed by atoms with Crippen LogP contribution in [0, 0.1) is 0 Å². The Morgan fingerprint density at radius 3 is 2.33 bits per heavy atom. The van der Waals surface area contributed by atoms with Gasteiger partial charge in [0, 0.05) is 0 Å². The molecular weight excluding hydrogens is 346 g/mol. The Kier molecular flexibility index (Phi) is 5.53. The lowest BCUT2D eigenvalue weighted by Gasteiger charge is -2.14. The fraction of sp³-hybridized carbons (Fsp3) is 0.0556. The fourth-order valence-corrected chi connectivity index (χ4v) is 2.26. The molecule has 0 unspecified atom stereocenters. The highest BCUT2D eigenvalue weighted by Gasteiger charge is 2.13. The van der Waals surface area contributed by atoms with Gasteiger partial charge in [0.1, 0.15) is 17.8 Å². The van der Waals surface area contributed by atoms with Crippen molar-refractivity contribution in [1.29, 1.82) is 0 Å². The summed E-state index contributed by atoms with van der Waals surface area (Å²) in [6.07, 6.45) is 1.32. The number of rotatable bonds is 7. The topological polar surface area (TPSA) is 126 Å². The first-order valence-electron chi connectivity index (χ1n) is 8.06. The second kappa shape index (κ2) is 8.39. The molecule has 0 saturated carbocycles. The first-order chi connectivity index (χ1) is 13.2. The summed E-state index contributed by atoms with van der Waals surface area (Å²) in [6.45, 7) is 0. The molecule has 0 aliphatic heterocycles. The first-order valence-corrected chi connectivity index (χ1v) is 8.06. The molecule has 2 aromatic carbocycles. The molecule has 0 atom stereocenters. The zero-order chi connectivity index (χ0) is 19.1. The van der Waals surface area contributed by atoms with Crippen molar-refractivity contribution < 1.29 is 9.53 Å². The van der Waals surface area contributed by atoms with Gasteiger partial charge in [0.25, 0.3) is 5.91 Å². The average Bonchev–Trinajstić information content (AvgIpc) is 2.72. The summed E-state index contributed by atoms with van der Waals surface area (Å²) in [4.78, 5) is 20.5. The maximum atomic E-state index is 12.3. The van der Waals surface area contributed by atoms with Gasteiger partial charge in [-0.3, -0.25) is 26.5 Å². The molecule has 0 saturated heterocycles. The summed E-state index contributed by atoms with van der Waals surface area (Å²) >= 11 is 0. The van der Waals surface area contributed by atoms with Crippen molar-refractivity contribution in [3.8, 4) is 5.75 Å². The molecule has 0 bridgehead atoms. The molecule has 1 aromatic heterocycles. The van der Waals surface area contributed by atoms with Gasteiger partial charge in [-0.1, -0.05) is 30.3 Å². The molecule has 9 heteroatoms. The normalized spacial score (nSPS) is 9.96. The van der Waals surface area contributed by atoms with E-state index in [4.69, 9.17) is 10.5 Å². The third-order valence-electron chi connectivity index (χ3n) is 3.63. The maximum Gasteiger partial charge on any atom is 0.273 e. The maximum absolute atomic E-state index is 12.3. The lowest BCUT2D eigenvalue weighted by atomic mass is 10.2. The lowest BCUT2D eigenvalue weighted by molar-refractivity contribution is 0.0959. The van der Waals surface area contributed by atoms with Crippen molar-refractivity contribution in [3.05, 3.63) is 66.5 Å². The molecule has 1 amide bonds. The molecule has 9 nitrogen and oxygen atoms in total. The predicted molar refractivity (Wildman–Crippen MR) is 104 cm³/mol. The number of hydrazine groups is 2. The molecule has 0 aliphatic rings. The van der Waals surface area contributed by atoms with Crippen molar-refractivity contribution in [2.45, 2.75) is 0 Å². The van der Waals surface area contributed by atoms with Gasteiger partial charge in [0.2, 0.25) is 0 Å². The number of benzene rings is 2. The lowest BCUT2D eigenvalue weighted by Crippen LogP contribution is -2.30. The molecule has 6 N–H and O–H groups in total. The van der Waals surface area contributed by atoms with Crippen LogP contribution in [0.1, 0.15) is 10.4 Å². The monoisotopic (exact) mass is 365 g/mol. The SMILES string of the molecule is COc1ccccc1C(=O)NNc1ncnc(NNc2ccccc2)c1N. The second-order valence-electron chi connectivity index (χ2n) is 5.38. The number of amides is 1. The number of aromatic nitrogens is 2. The summed E-state index contributed by atoms with van der Waals surface area (Å²) < 4.78 is 5.18. The second-order valence-corrected chi connectivity index (χ2v) is 5.38. The zero-order valence-electron chi connectivity index (χ0n) is 14.6. The molecule has 27 heavy (non-hydrogen) atoms. The number of nitrogens with zero attached hydrogens (tertiary/aromatic N) is 2. The van der Waals surface area contributed by atoms with E-state index in [0.717, 1.165) is 5.69 Å². The van der Waals surface area contributed by atoms with Crippen molar-refractivity contribution in [2.24, 2.45) is 0 Å². The Balaban J connectivity index is 1.66. The molecule has 3 rings (SSSR count). The number of nitrogens with two attached hydrogens (primary N) is 1. The van der Waals surface area contributed by atoms with E-state index in [0.29, 0.717) is 17.1 Å². The van der Waals surface area contributed by atoms with Crippen LogP contribution in [-0.4, -0.2) is 23.0 Å². The van der Waals surface area contributed by atoms with E-state index < -0.39 is 0 Å². The van der Waals surface area contributed by atoms with Gasteiger partial charge in [0.05, 0.1) is 18.4 Å². The van der Waals surface area contributed by atoms with Gasteiger partial charge in [0.15, 0.2) is 11.6 Å². The van der Waals surface area contributed by atoms with Gasteiger partial charge in [-0.15, -0.1) is 0 Å². The predicted octanol–water partition coefficient (Wildman–Crippen LogP) is 2.26. The minimum absolute atomic E-state index is 0.237. The fourth-order valence-electron chi connectivity index (χ4n) is 2.26. The van der Waals surface area contributed by atoms with E-state index in [2.05, 4.69) is 31.7 Å². The van der Waals surface area contributed by atoms with Gasteiger partial charge in [-0.05, 0) is 24.3 Å². The van der Waals surface area contributed by atoms with Crippen LogP contribution in [0.4, 0.5) is 23.0 Å². The van der Waals surface area contributed by atoms with Gasteiger partial charge >= 0.3 is 0 Å². The van der Waals surface area contributed by atoms with Crippen molar-refractivity contribution in [3.63, 3.8) is 0 Å². The number of carbonyl (C=O) groups is 1. The number of methoxy groups -OCH3 is 1. The molecule has 1 heterocycles. The standard InChI is InChI=1S/C18H19N7O2/c1-27-14-10-6-5-9-13(14)18(26)25-24-17-15(19)16(20-11-21-17)23-22-12-7-3-2-4-8-12/h2-11,22H,19H2,1H3,(H,25,26)(H2,20,21,23,24). The third-order valence-corrected chi connectivity index (χ3v) is 3.63. The van der Waals surface area contributed by atoms with Crippen LogP contribution in [0.15, 0.2) is 60.9 Å². The van der Waals surface area contributed by atoms with E-state index in [-0.39, 0.29) is 17.4 Å². The Hall–Kier alpha value is -4.01. The number of nitrogens with one attached hydrogen (secondary N) is 4. The minimum atomic E-state index is -0.387. The number of ether oxygens (including phenoxy) is 1. The number of anilines is 4. The number of nitrogen functional groups attached to an aromatic ring is 1. The van der Waals surface area contributed by atoms with E-state index in [1.54, 1.807) is 24.3 Å². The largest absolute Gasteiger partial charge is 0.496 e. The highest BCUT2D eigenvalue weighted by atomic mass is 16.5. The summed E-state index contributed by atoms with van der Waals surface area (Å²) in [5, 5.41) is 0. The number of carbonyl (C=O) groups excluding carboxylic acids is 1. The molecule has 0 aliphatic carbocycles. The summed E-state index contributed by atoms with van der Waals surface area (Å²) in [6, 6.07) is 16.4. The van der Waals surface area contributed by atoms with Crippen LogP contribution in [-0.2, 0) is 0 Å². The van der Waals surface area contributed by atoms with Crippen LogP contribution >= 0.6 is 0 Å². The van der Waals surface area contributed by atoms with Crippen LogP contribution < -0.4 is 32.2 Å². The highest BCUT2D eigenvalue weighted by molar-refractivity contribution is 5.97. The first kappa shape index (κ1) is 17.8. The summed E-state index contributed by atoms with van der Waals surface area (Å²) in [7, 11) is 1.50.